The van der Waals surface area contributed by atoms with E-state index in [1.54, 1.807) is 38.1 Å². The summed E-state index contributed by atoms with van der Waals surface area (Å²) in [5.41, 5.74) is 0.0385. The van der Waals surface area contributed by atoms with Gasteiger partial charge in [-0.25, -0.2) is 20.4 Å². The number of carbonyl (C=O) groups is 3. The summed E-state index contributed by atoms with van der Waals surface area (Å²) in [5, 5.41) is 0.570. The third-order valence-electron chi connectivity index (χ3n) is 4.29. The zero-order valence-corrected chi connectivity index (χ0v) is 16.2. The van der Waals surface area contributed by atoms with Crippen molar-refractivity contribution in [3.63, 3.8) is 0 Å². The van der Waals surface area contributed by atoms with Gasteiger partial charge < -0.3 is 9.47 Å². The number of carbonyl (C=O) groups excluding carboxylic acids is 3. The molecule has 0 heterocycles. The molecule has 0 aliphatic carbocycles. The Bertz CT molecular complexity index is 816. The van der Waals surface area contributed by atoms with Gasteiger partial charge in [0.2, 0.25) is 5.54 Å². The molecule has 2 N–H and O–H groups in total. The molecular weight excluding hydrogens is 360 g/mol. The number of nitrogens with zero attached hydrogens (tertiary/aromatic N) is 1. The molecule has 1 amide bonds. The molecule has 28 heavy (non-hydrogen) atoms. The van der Waals surface area contributed by atoms with Crippen molar-refractivity contribution >= 4 is 17.8 Å². The number of hydrazine groups is 1. The maximum absolute atomic E-state index is 12.8. The first-order valence-corrected chi connectivity index (χ1v) is 8.95. The topological polar surface area (TPSA) is 98.9 Å². The van der Waals surface area contributed by atoms with Gasteiger partial charge in [-0.3, -0.25) is 4.79 Å². The molecule has 0 aliphatic rings. The van der Waals surface area contributed by atoms with Crippen LogP contribution in [-0.4, -0.2) is 41.6 Å². The highest BCUT2D eigenvalue weighted by molar-refractivity contribution is 6.09. The molecule has 0 radical (unpaired) electrons. The monoisotopic (exact) mass is 384 g/mol. The van der Waals surface area contributed by atoms with Crippen molar-refractivity contribution in [2.75, 3.05) is 13.2 Å². The van der Waals surface area contributed by atoms with Crippen molar-refractivity contribution in [2.24, 2.45) is 5.84 Å². The first-order chi connectivity index (χ1) is 13.4. The van der Waals surface area contributed by atoms with Crippen molar-refractivity contribution in [1.82, 2.24) is 5.01 Å². The van der Waals surface area contributed by atoms with Crippen LogP contribution in [0.15, 0.2) is 54.6 Å². The molecule has 0 saturated heterocycles. The second kappa shape index (κ2) is 9.14. The molecule has 0 aromatic heterocycles. The Morgan fingerprint density at radius 1 is 0.857 bits per heavy atom. The van der Waals surface area contributed by atoms with Gasteiger partial charge in [0, 0.05) is 5.56 Å². The summed E-state index contributed by atoms with van der Waals surface area (Å²) in [6, 6.07) is 16.3. The van der Waals surface area contributed by atoms with Gasteiger partial charge in [0.05, 0.1) is 13.2 Å². The van der Waals surface area contributed by atoms with Gasteiger partial charge in [0.1, 0.15) is 0 Å². The highest BCUT2D eigenvalue weighted by Gasteiger charge is 2.51. The van der Waals surface area contributed by atoms with Crippen LogP contribution in [0.2, 0.25) is 0 Å². The van der Waals surface area contributed by atoms with E-state index in [0.717, 1.165) is 11.1 Å². The third-order valence-corrected chi connectivity index (χ3v) is 4.29. The maximum atomic E-state index is 12.8. The fraction of sp³-hybridized carbons (Fsp3) is 0.286. The second-order valence-electron chi connectivity index (χ2n) is 6.13. The summed E-state index contributed by atoms with van der Waals surface area (Å²) >= 11 is 0. The summed E-state index contributed by atoms with van der Waals surface area (Å²) in [6.07, 6.45) is 0. The maximum Gasteiger partial charge on any atom is 0.345 e. The van der Waals surface area contributed by atoms with E-state index in [0.29, 0.717) is 5.01 Å². The lowest BCUT2D eigenvalue weighted by atomic mass is 9.99. The van der Waals surface area contributed by atoms with Crippen molar-refractivity contribution in [3.05, 3.63) is 60.2 Å². The highest BCUT2D eigenvalue weighted by atomic mass is 16.6. The van der Waals surface area contributed by atoms with Crippen LogP contribution in [0.1, 0.15) is 31.1 Å². The lowest BCUT2D eigenvalue weighted by molar-refractivity contribution is -0.171. The Morgan fingerprint density at radius 2 is 1.32 bits per heavy atom. The van der Waals surface area contributed by atoms with Crippen LogP contribution >= 0.6 is 0 Å². The van der Waals surface area contributed by atoms with E-state index < -0.39 is 23.4 Å². The first kappa shape index (κ1) is 21.1. The SMILES string of the molecule is CCOC(=O)C(C)(C(=O)OCC)N(N)C(=O)c1ccc(-c2ccccc2)cc1. The predicted octanol–water partition coefficient (Wildman–Crippen LogP) is 2.55. The largest absolute Gasteiger partial charge is 0.464 e. The Morgan fingerprint density at radius 3 is 1.79 bits per heavy atom. The molecule has 0 fully saturated rings. The van der Waals surface area contributed by atoms with Crippen LogP contribution < -0.4 is 5.84 Å². The summed E-state index contributed by atoms with van der Waals surface area (Å²) in [7, 11) is 0. The number of ether oxygens (including phenoxy) is 2. The van der Waals surface area contributed by atoms with Gasteiger partial charge in [0.25, 0.3) is 5.91 Å². The van der Waals surface area contributed by atoms with Gasteiger partial charge in [-0.1, -0.05) is 42.5 Å². The Labute approximate surface area is 164 Å². The van der Waals surface area contributed by atoms with Gasteiger partial charge in [-0.15, -0.1) is 0 Å². The van der Waals surface area contributed by atoms with Crippen LogP contribution in [0.5, 0.6) is 0 Å². The number of hydrogen-bond acceptors (Lipinski definition) is 6. The van der Waals surface area contributed by atoms with Crippen LogP contribution in [-0.2, 0) is 19.1 Å². The molecule has 2 aromatic rings. The van der Waals surface area contributed by atoms with Crippen molar-refractivity contribution < 1.29 is 23.9 Å². The normalized spacial score (nSPS) is 10.9. The molecule has 2 rings (SSSR count). The first-order valence-electron chi connectivity index (χ1n) is 8.95. The minimum Gasteiger partial charge on any atom is -0.464 e. The molecule has 148 valence electrons. The van der Waals surface area contributed by atoms with Crippen LogP contribution in [0.25, 0.3) is 11.1 Å². The van der Waals surface area contributed by atoms with Crippen molar-refractivity contribution in [3.8, 4) is 11.1 Å². The van der Waals surface area contributed by atoms with E-state index in [4.69, 9.17) is 15.3 Å². The average Bonchev–Trinajstić information content (AvgIpc) is 2.73. The van der Waals surface area contributed by atoms with E-state index in [1.165, 1.54) is 6.92 Å². The summed E-state index contributed by atoms with van der Waals surface area (Å²) in [4.78, 5) is 37.6. The lowest BCUT2D eigenvalue weighted by Gasteiger charge is -2.33. The molecule has 7 nitrogen and oxygen atoms in total. The quantitative estimate of drug-likeness (QED) is 0.259. The van der Waals surface area contributed by atoms with Gasteiger partial charge >= 0.3 is 11.9 Å². The van der Waals surface area contributed by atoms with Crippen molar-refractivity contribution in [2.45, 2.75) is 26.3 Å². The van der Waals surface area contributed by atoms with Crippen LogP contribution in [0.4, 0.5) is 0 Å². The highest BCUT2D eigenvalue weighted by Crippen LogP contribution is 2.22. The zero-order chi connectivity index (χ0) is 20.7. The average molecular weight is 384 g/mol. The van der Waals surface area contributed by atoms with E-state index in [-0.39, 0.29) is 18.8 Å². The van der Waals surface area contributed by atoms with Crippen LogP contribution in [0, 0.1) is 0 Å². The lowest BCUT2D eigenvalue weighted by Crippen LogP contribution is -2.64. The minimum atomic E-state index is -2.10. The Hall–Kier alpha value is -3.19. The van der Waals surface area contributed by atoms with Crippen LogP contribution in [0.3, 0.4) is 0 Å². The smallest absolute Gasteiger partial charge is 0.345 e. The fourth-order valence-corrected chi connectivity index (χ4v) is 2.60. The molecule has 0 unspecified atom stereocenters. The number of esters is 2. The predicted molar refractivity (Wildman–Crippen MR) is 104 cm³/mol. The standard InChI is InChI=1S/C21H24N2O5/c1-4-27-19(25)21(3,20(26)28-5-2)23(22)18(24)17-13-11-16(12-14-17)15-9-7-6-8-10-15/h6-14H,4-5,22H2,1-3H3. The number of hydrogen-bond donors (Lipinski definition) is 1. The molecule has 0 bridgehead atoms. The Balaban J connectivity index is 2.31. The van der Waals surface area contributed by atoms with E-state index in [1.807, 2.05) is 30.3 Å². The molecular formula is C21H24N2O5. The summed E-state index contributed by atoms with van der Waals surface area (Å²) in [6.45, 7) is 4.45. The molecule has 0 atom stereocenters. The van der Waals surface area contributed by atoms with Gasteiger partial charge in [-0.05, 0) is 44.0 Å². The molecule has 0 saturated carbocycles. The number of amides is 1. The van der Waals surface area contributed by atoms with E-state index >= 15 is 0 Å². The molecule has 0 spiro atoms. The fourth-order valence-electron chi connectivity index (χ4n) is 2.60. The number of rotatable bonds is 7. The number of benzene rings is 2. The third kappa shape index (κ3) is 4.20. The van der Waals surface area contributed by atoms with E-state index in [2.05, 4.69) is 0 Å². The second-order valence-corrected chi connectivity index (χ2v) is 6.13. The zero-order valence-electron chi connectivity index (χ0n) is 16.2. The molecule has 0 aliphatic heterocycles. The minimum absolute atomic E-state index is 0.0294. The molecule has 7 heteroatoms. The van der Waals surface area contributed by atoms with Gasteiger partial charge in [-0.2, -0.15) is 0 Å². The van der Waals surface area contributed by atoms with E-state index in [9.17, 15) is 14.4 Å². The molecule has 2 aromatic carbocycles. The number of nitrogens with two attached hydrogens (primary N) is 1. The van der Waals surface area contributed by atoms with Crippen molar-refractivity contribution in [1.29, 1.82) is 0 Å². The summed E-state index contributed by atoms with van der Waals surface area (Å²) in [5.74, 6) is 3.31. The summed E-state index contributed by atoms with van der Waals surface area (Å²) < 4.78 is 9.89. The van der Waals surface area contributed by atoms with Gasteiger partial charge in [0.15, 0.2) is 0 Å². The Kier molecular flexibility index (Phi) is 6.89.